The second kappa shape index (κ2) is 86.7. The summed E-state index contributed by atoms with van der Waals surface area (Å²) < 4.78 is 0. The third-order valence-electron chi connectivity index (χ3n) is 0. The molecule has 0 aliphatic carbocycles. The van der Waals surface area contributed by atoms with Gasteiger partial charge in [0.05, 0.1) is 0 Å². The maximum absolute atomic E-state index is 0. The zero-order chi connectivity index (χ0) is 0. The van der Waals surface area contributed by atoms with Crippen molar-refractivity contribution in [2.75, 3.05) is 0 Å². The zero-order valence-electron chi connectivity index (χ0n) is 5.64. The van der Waals surface area contributed by atoms with Crippen molar-refractivity contribution in [3.8, 4) is 0 Å². The van der Waals surface area contributed by atoms with Gasteiger partial charge in [0.2, 0.25) is 0 Å². The molecule has 6 radical (unpaired) electrons. The van der Waals surface area contributed by atoms with Crippen LogP contribution in [0.15, 0.2) is 0 Å². The van der Waals surface area contributed by atoms with Gasteiger partial charge in [0, 0.05) is 189 Å². The van der Waals surface area contributed by atoms with Crippen LogP contribution in [0.1, 0.15) is 0 Å². The van der Waals surface area contributed by atoms with Crippen molar-refractivity contribution in [3.63, 3.8) is 0 Å². The van der Waals surface area contributed by atoms with Crippen molar-refractivity contribution in [2.45, 2.75) is 0 Å². The first-order valence-corrected chi connectivity index (χ1v) is 0. The molecule has 0 aromatic rings. The number of hydrogen-bond donors (Lipinski definition) is 1. The molecule has 0 fully saturated rings. The average molecular weight is 840 g/mol. The smallest absolute Gasteiger partial charge is 0 e. The normalized spacial score (nSPS) is 0. The summed E-state index contributed by atoms with van der Waals surface area (Å²) in [6.07, 6.45) is 0. The molecule has 0 aromatic heterocycles. The van der Waals surface area contributed by atoms with Crippen molar-refractivity contribution < 1.29 is 194 Å². The molecule has 60 valence electrons. The van der Waals surface area contributed by atoms with Gasteiger partial charge >= 0.3 is 0 Å². The summed E-state index contributed by atoms with van der Waals surface area (Å²) in [5.74, 6) is 0. The first kappa shape index (κ1) is 103. The fraction of sp³-hybridized carbons (Fsp3) is 0. The fourth-order valence-corrected chi connectivity index (χ4v) is 0. The Morgan fingerprint density at radius 1 is 0.636 bits per heavy atom. The average Bonchev–Trinajstić information content (AvgIpc) is 0. The molecule has 0 saturated heterocycles. The van der Waals surface area contributed by atoms with Crippen LogP contribution >= 0.6 is 37.5 Å². The Balaban J connectivity index is 0. The standard InChI is InChI=1S/FH.HI.H3N.H2S.2V.W.4Y/h2*1H;1H3;1H2;;;;;;;. The molecule has 11 heteroatoms. The van der Waals surface area contributed by atoms with E-state index in [0.717, 1.165) is 0 Å². The number of rotatable bonds is 0. The molecule has 0 saturated carbocycles. The Morgan fingerprint density at radius 2 is 0.636 bits per heavy atom. The minimum absolute atomic E-state index is 0. The van der Waals surface area contributed by atoms with Crippen LogP contribution in [-0.2, 0) is 189 Å². The minimum atomic E-state index is 0. The van der Waals surface area contributed by atoms with Gasteiger partial charge in [-0.3, -0.25) is 4.70 Å². The second-order valence-electron chi connectivity index (χ2n) is 0. The van der Waals surface area contributed by atoms with Crippen LogP contribution in [0.5, 0.6) is 0 Å². The molecule has 3 N–H and O–H groups in total. The third kappa shape index (κ3) is 76.4. The van der Waals surface area contributed by atoms with E-state index in [1.165, 1.54) is 0 Å². The maximum atomic E-state index is 0. The first-order chi connectivity index (χ1) is 0. The van der Waals surface area contributed by atoms with Crippen molar-refractivity contribution >= 4 is 37.5 Å². The van der Waals surface area contributed by atoms with Crippen molar-refractivity contribution in [2.24, 2.45) is 0 Å². The van der Waals surface area contributed by atoms with Crippen LogP contribution in [0.3, 0.4) is 0 Å². The van der Waals surface area contributed by atoms with Crippen LogP contribution in [0, 0.1) is 0 Å². The second-order valence-corrected chi connectivity index (χ2v) is 0. The molecule has 1 nitrogen and oxygen atoms in total. The Kier molecular flexibility index (Phi) is 815. The van der Waals surface area contributed by atoms with Crippen LogP contribution < -0.4 is 6.15 Å². The molecule has 0 heterocycles. The first-order valence-electron chi connectivity index (χ1n) is 0. The van der Waals surface area contributed by atoms with E-state index < -0.39 is 0 Å². The quantitative estimate of drug-likeness (QED) is 0.364. The molecule has 0 aliphatic heterocycles. The van der Waals surface area contributed by atoms with E-state index in [0.29, 0.717) is 0 Å². The van der Waals surface area contributed by atoms with Crippen LogP contribution in [0.25, 0.3) is 0 Å². The molecule has 11 heavy (non-hydrogen) atoms. The molecule has 0 rings (SSSR count). The molecule has 0 unspecified atom stereocenters. The van der Waals surface area contributed by atoms with Gasteiger partial charge in [-0.2, -0.15) is 13.5 Å². The summed E-state index contributed by atoms with van der Waals surface area (Å²) in [6.45, 7) is 0. The van der Waals surface area contributed by atoms with E-state index in [2.05, 4.69) is 0 Å². The van der Waals surface area contributed by atoms with Crippen LogP contribution in [0.2, 0.25) is 0 Å². The molecule has 0 spiro atoms. The largest absolute Gasteiger partial charge is 0.344 e. The van der Waals surface area contributed by atoms with E-state index in [1.54, 1.807) is 0 Å². The Hall–Kier alpha value is 7.24. The predicted molar refractivity (Wildman–Crippen MR) is 33.3 cm³/mol. The van der Waals surface area contributed by atoms with E-state index in [1.807, 2.05) is 0 Å². The molecule has 0 amide bonds. The predicted octanol–water partition coefficient (Wildman–Crippen LogP) is 1.03. The summed E-state index contributed by atoms with van der Waals surface area (Å²) >= 11 is 0. The van der Waals surface area contributed by atoms with Gasteiger partial charge in [0.15, 0.2) is 0 Å². The van der Waals surface area contributed by atoms with Gasteiger partial charge in [-0.05, 0) is 0 Å². The summed E-state index contributed by atoms with van der Waals surface area (Å²) in [5.41, 5.74) is 0. The van der Waals surface area contributed by atoms with Gasteiger partial charge < -0.3 is 6.15 Å². The summed E-state index contributed by atoms with van der Waals surface area (Å²) in [4.78, 5) is 0. The van der Waals surface area contributed by atoms with Crippen LogP contribution in [0.4, 0.5) is 4.70 Å². The van der Waals surface area contributed by atoms with Crippen molar-refractivity contribution in [1.82, 2.24) is 6.15 Å². The molecule has 0 aliphatic rings. The topological polar surface area (TPSA) is 35.0 Å². The number of halogens is 2. The van der Waals surface area contributed by atoms with E-state index in [-0.39, 0.29) is 237 Å². The Bertz CT molecular complexity index is 28.1. The molecule has 0 atom stereocenters. The van der Waals surface area contributed by atoms with E-state index >= 15 is 0 Å². The summed E-state index contributed by atoms with van der Waals surface area (Å²) in [6, 6.07) is 0. The fourth-order valence-electron chi connectivity index (χ4n) is 0. The SMILES string of the molecule is F.I.N.S.[V].[V].[W].[Y].[Y].[Y].[Y]. The Morgan fingerprint density at radius 3 is 0.636 bits per heavy atom. The monoisotopic (exact) mass is 840 g/mol. The number of hydrogen-bond acceptors (Lipinski definition) is 1. The molecular formula is H7FINSV2WY4. The third-order valence-corrected chi connectivity index (χ3v) is 0. The van der Waals surface area contributed by atoms with Crippen molar-refractivity contribution in [3.05, 3.63) is 0 Å². The van der Waals surface area contributed by atoms with Gasteiger partial charge in [-0.15, -0.1) is 24.0 Å². The van der Waals surface area contributed by atoms with E-state index in [9.17, 15) is 0 Å². The summed E-state index contributed by atoms with van der Waals surface area (Å²) in [5, 5.41) is 0. The van der Waals surface area contributed by atoms with Gasteiger partial charge in [-0.25, -0.2) is 0 Å². The molecular weight excluding hydrogens is 833 g/mol. The van der Waals surface area contributed by atoms with Gasteiger partial charge in [0.1, 0.15) is 0 Å². The maximum Gasteiger partial charge on any atom is 0 e. The van der Waals surface area contributed by atoms with Crippen LogP contribution in [-0.4, -0.2) is 0 Å². The minimum Gasteiger partial charge on any atom is -0.344 e. The van der Waals surface area contributed by atoms with Gasteiger partial charge in [0.25, 0.3) is 0 Å². The molecule has 0 bridgehead atoms. The van der Waals surface area contributed by atoms with Gasteiger partial charge in [-0.1, -0.05) is 0 Å². The Labute approximate surface area is 231 Å². The molecule has 0 aromatic carbocycles. The van der Waals surface area contributed by atoms with Crippen molar-refractivity contribution in [1.29, 1.82) is 0 Å². The summed E-state index contributed by atoms with van der Waals surface area (Å²) in [7, 11) is 0. The van der Waals surface area contributed by atoms with E-state index in [4.69, 9.17) is 0 Å². The zero-order valence-corrected chi connectivity index (χ0v) is 26.0.